The van der Waals surface area contributed by atoms with Gasteiger partial charge in [0.2, 0.25) is 5.91 Å². The zero-order valence-electron chi connectivity index (χ0n) is 22.5. The molecule has 0 unspecified atom stereocenters. The van der Waals surface area contributed by atoms with Crippen LogP contribution in [0.4, 0.5) is 0 Å². The second kappa shape index (κ2) is 14.0. The van der Waals surface area contributed by atoms with Crippen LogP contribution in [-0.2, 0) is 20.9 Å². The Morgan fingerprint density at radius 1 is 1.05 bits per heavy atom. The van der Waals surface area contributed by atoms with Crippen LogP contribution >= 0.6 is 11.8 Å². The number of thioether (sulfide) groups is 1. The average molecular weight is 573 g/mol. The van der Waals surface area contributed by atoms with E-state index in [0.717, 1.165) is 36.1 Å². The molecule has 0 aromatic heterocycles. The minimum Gasteiger partial charge on any atom is -0.484 e. The molecule has 2 atom stereocenters. The molecule has 3 amide bonds. The Labute approximate surface area is 243 Å². The Balaban J connectivity index is 1.07. The zero-order valence-corrected chi connectivity index (χ0v) is 23.3. The first-order valence-corrected chi connectivity index (χ1v) is 14.6. The van der Waals surface area contributed by atoms with Crippen LogP contribution in [0.2, 0.25) is 0 Å². The summed E-state index contributed by atoms with van der Waals surface area (Å²) in [6.07, 6.45) is 3.62. The van der Waals surface area contributed by atoms with Crippen molar-refractivity contribution in [2.45, 2.75) is 30.9 Å². The van der Waals surface area contributed by atoms with Gasteiger partial charge in [-0.3, -0.25) is 14.4 Å². The molecule has 0 saturated carbocycles. The molecule has 9 nitrogen and oxygen atoms in total. The number of amides is 3. The van der Waals surface area contributed by atoms with Crippen molar-refractivity contribution in [1.82, 2.24) is 15.6 Å². The summed E-state index contributed by atoms with van der Waals surface area (Å²) < 4.78 is 11.0. The highest BCUT2D eigenvalue weighted by Gasteiger charge is 2.32. The first-order valence-electron chi connectivity index (χ1n) is 13.5. The molecule has 2 aliphatic heterocycles. The normalized spacial score (nSPS) is 18.5. The highest BCUT2D eigenvalue weighted by Crippen LogP contribution is 2.39. The number of hydrogen-bond donors (Lipinski definition) is 2. The molecule has 0 radical (unpaired) electrons. The third-order valence-corrected chi connectivity index (χ3v) is 8.06. The fourth-order valence-electron chi connectivity index (χ4n) is 4.59. The quantitative estimate of drug-likeness (QED) is 0.267. The van der Waals surface area contributed by atoms with Gasteiger partial charge in [-0.25, -0.2) is 5.43 Å². The molecular formula is C31H32N4O5S. The van der Waals surface area contributed by atoms with Gasteiger partial charge in [0.15, 0.2) is 6.61 Å². The van der Waals surface area contributed by atoms with E-state index in [4.69, 9.17) is 9.47 Å². The number of hydrogen-bond acceptors (Lipinski definition) is 7. The molecule has 10 heteroatoms. The number of ether oxygens (including phenoxy) is 2. The average Bonchev–Trinajstić information content (AvgIpc) is 3.66. The lowest BCUT2D eigenvalue weighted by atomic mass is 10.1. The molecule has 41 heavy (non-hydrogen) atoms. The lowest BCUT2D eigenvalue weighted by Crippen LogP contribution is -2.35. The summed E-state index contributed by atoms with van der Waals surface area (Å²) in [4.78, 5) is 39.0. The third-order valence-electron chi connectivity index (χ3n) is 6.80. The van der Waals surface area contributed by atoms with Crippen LogP contribution in [0.15, 0.2) is 84.0 Å². The standard InChI is InChI=1S/C31H32N4O5S/c36-28(32-18-27-7-4-16-39-27)20-40-26-14-8-22(9-15-26)17-33-34-30(38)24-10-12-25(13-11-24)31-35(29(37)21-41-31)19-23-5-2-1-3-6-23/h1-3,5-6,8-15,17,27,31H,4,7,16,18-21H2,(H,32,36)(H,34,38)/b33-17-/t27-,31-/m0/s1. The molecule has 2 N–H and O–H groups in total. The van der Waals surface area contributed by atoms with Crippen molar-refractivity contribution in [2.24, 2.45) is 5.10 Å². The smallest absolute Gasteiger partial charge is 0.271 e. The molecule has 3 aromatic rings. The van der Waals surface area contributed by atoms with Crippen LogP contribution in [0.5, 0.6) is 5.75 Å². The van der Waals surface area contributed by atoms with Crippen LogP contribution in [0.25, 0.3) is 0 Å². The van der Waals surface area contributed by atoms with E-state index < -0.39 is 0 Å². The van der Waals surface area contributed by atoms with Crippen LogP contribution in [0.3, 0.4) is 0 Å². The predicted octanol–water partition coefficient (Wildman–Crippen LogP) is 3.90. The van der Waals surface area contributed by atoms with Crippen LogP contribution < -0.4 is 15.5 Å². The van der Waals surface area contributed by atoms with Gasteiger partial charge < -0.3 is 19.7 Å². The Hall–Kier alpha value is -4.15. The van der Waals surface area contributed by atoms with E-state index in [9.17, 15) is 14.4 Å². The maximum atomic E-state index is 12.6. The van der Waals surface area contributed by atoms with E-state index in [0.29, 0.717) is 30.2 Å². The first kappa shape index (κ1) is 28.4. The molecule has 2 fully saturated rings. The number of benzene rings is 3. The van der Waals surface area contributed by atoms with Gasteiger partial charge in [0.1, 0.15) is 11.1 Å². The molecule has 5 rings (SSSR count). The number of nitrogens with one attached hydrogen (secondary N) is 2. The van der Waals surface area contributed by atoms with Crippen LogP contribution in [0, 0.1) is 0 Å². The van der Waals surface area contributed by atoms with Crippen molar-refractivity contribution < 1.29 is 23.9 Å². The largest absolute Gasteiger partial charge is 0.484 e. The fourth-order valence-corrected chi connectivity index (χ4v) is 5.78. The number of rotatable bonds is 11. The van der Waals surface area contributed by atoms with E-state index in [2.05, 4.69) is 15.8 Å². The number of hydrazone groups is 1. The van der Waals surface area contributed by atoms with E-state index in [1.165, 1.54) is 6.21 Å². The second-order valence-corrected chi connectivity index (χ2v) is 10.9. The summed E-state index contributed by atoms with van der Waals surface area (Å²) in [5.41, 5.74) is 5.83. The van der Waals surface area contributed by atoms with Gasteiger partial charge in [0, 0.05) is 25.3 Å². The molecule has 212 valence electrons. The fraction of sp³-hybridized carbons (Fsp3) is 0.290. The summed E-state index contributed by atoms with van der Waals surface area (Å²) in [7, 11) is 0. The minimum absolute atomic E-state index is 0.0736. The maximum Gasteiger partial charge on any atom is 0.271 e. The lowest BCUT2D eigenvalue weighted by molar-refractivity contribution is -0.128. The van der Waals surface area contributed by atoms with Gasteiger partial charge in [0.05, 0.1) is 18.1 Å². The Bertz CT molecular complexity index is 1360. The van der Waals surface area contributed by atoms with Gasteiger partial charge in [0.25, 0.3) is 11.8 Å². The zero-order chi connectivity index (χ0) is 28.4. The molecule has 0 bridgehead atoms. The Kier molecular flexibility index (Phi) is 9.66. The van der Waals surface area contributed by atoms with Gasteiger partial charge in [-0.15, -0.1) is 11.8 Å². The second-order valence-electron chi connectivity index (χ2n) is 9.79. The van der Waals surface area contributed by atoms with E-state index in [1.807, 2.05) is 47.4 Å². The highest BCUT2D eigenvalue weighted by atomic mass is 32.2. The predicted molar refractivity (Wildman–Crippen MR) is 158 cm³/mol. The topological polar surface area (TPSA) is 109 Å². The highest BCUT2D eigenvalue weighted by molar-refractivity contribution is 8.00. The Morgan fingerprint density at radius 3 is 2.56 bits per heavy atom. The van der Waals surface area contributed by atoms with E-state index in [1.54, 1.807) is 48.2 Å². The SMILES string of the molecule is O=C(COc1ccc(/C=N\NC(=O)c2ccc([C@@H]3SCC(=O)N3Cc3ccccc3)cc2)cc1)NC[C@@H]1CCCO1. The minimum atomic E-state index is -0.335. The van der Waals surface area contributed by atoms with Crippen molar-refractivity contribution in [3.63, 3.8) is 0 Å². The maximum absolute atomic E-state index is 12.6. The van der Waals surface area contributed by atoms with Gasteiger partial charge in [-0.1, -0.05) is 42.5 Å². The molecule has 2 aliphatic rings. The first-order chi connectivity index (χ1) is 20.0. The van der Waals surface area contributed by atoms with Gasteiger partial charge in [-0.2, -0.15) is 5.10 Å². The van der Waals surface area contributed by atoms with Crippen LogP contribution in [0.1, 0.15) is 45.3 Å². The molecule has 0 spiro atoms. The third kappa shape index (κ3) is 7.96. The van der Waals surface area contributed by atoms with E-state index >= 15 is 0 Å². The van der Waals surface area contributed by atoms with Crippen molar-refractivity contribution in [2.75, 3.05) is 25.5 Å². The summed E-state index contributed by atoms with van der Waals surface area (Å²) in [6, 6.07) is 24.2. The van der Waals surface area contributed by atoms with Gasteiger partial charge in [-0.05, 0) is 65.9 Å². The number of carbonyl (C=O) groups excluding carboxylic acids is 3. The molecular weight excluding hydrogens is 540 g/mol. The van der Waals surface area contributed by atoms with Crippen molar-refractivity contribution in [3.05, 3.63) is 101 Å². The lowest BCUT2D eigenvalue weighted by Gasteiger charge is -2.24. The van der Waals surface area contributed by atoms with E-state index in [-0.39, 0.29) is 35.8 Å². The number of carbonyl (C=O) groups is 3. The van der Waals surface area contributed by atoms with Gasteiger partial charge >= 0.3 is 0 Å². The summed E-state index contributed by atoms with van der Waals surface area (Å²) in [5.74, 6) is 0.575. The monoisotopic (exact) mass is 572 g/mol. The molecule has 2 saturated heterocycles. The van der Waals surface area contributed by atoms with Crippen molar-refractivity contribution >= 4 is 35.7 Å². The summed E-state index contributed by atoms with van der Waals surface area (Å²) in [5, 5.41) is 6.78. The summed E-state index contributed by atoms with van der Waals surface area (Å²) >= 11 is 1.59. The Morgan fingerprint density at radius 2 is 1.83 bits per heavy atom. The molecule has 0 aliphatic carbocycles. The van der Waals surface area contributed by atoms with Crippen molar-refractivity contribution in [3.8, 4) is 5.75 Å². The van der Waals surface area contributed by atoms with Crippen LogP contribution in [-0.4, -0.2) is 60.5 Å². The van der Waals surface area contributed by atoms with Crippen molar-refractivity contribution in [1.29, 1.82) is 0 Å². The summed E-state index contributed by atoms with van der Waals surface area (Å²) in [6.45, 7) is 1.73. The molecule has 2 heterocycles. The molecule has 3 aromatic carbocycles. The number of nitrogens with zero attached hydrogens (tertiary/aromatic N) is 2.